The van der Waals surface area contributed by atoms with E-state index in [-0.39, 0.29) is 12.2 Å². The summed E-state index contributed by atoms with van der Waals surface area (Å²) in [6.07, 6.45) is 1.39. The van der Waals surface area contributed by atoms with E-state index < -0.39 is 17.9 Å². The van der Waals surface area contributed by atoms with E-state index in [9.17, 15) is 9.59 Å². The van der Waals surface area contributed by atoms with Crippen LogP contribution in [0, 0.1) is 0 Å². The number of carboxylic acid groups (broad SMARTS) is 1. The molecule has 0 unspecified atom stereocenters. The lowest BCUT2D eigenvalue weighted by Crippen LogP contribution is -2.43. The topological polar surface area (TPSA) is 97.8 Å². The summed E-state index contributed by atoms with van der Waals surface area (Å²) >= 11 is 0. The zero-order valence-electron chi connectivity index (χ0n) is 12.2. The van der Waals surface area contributed by atoms with Gasteiger partial charge in [0.25, 0.3) is 5.91 Å². The van der Waals surface area contributed by atoms with Crippen LogP contribution in [0.5, 0.6) is 5.75 Å². The largest absolute Gasteiger partial charge is 0.497 e. The molecule has 0 spiro atoms. The third-order valence-corrected chi connectivity index (χ3v) is 3.09. The molecule has 22 heavy (non-hydrogen) atoms. The number of hydrogen-bond donors (Lipinski definition) is 2. The molecular weight excluding hydrogens is 288 g/mol. The van der Waals surface area contributed by atoms with E-state index in [1.54, 1.807) is 31.4 Å². The summed E-state index contributed by atoms with van der Waals surface area (Å²) in [7, 11) is 2.93. The molecule has 1 atom stereocenters. The third kappa shape index (κ3) is 3.50. The fourth-order valence-corrected chi connectivity index (χ4v) is 1.94. The van der Waals surface area contributed by atoms with Crippen LogP contribution in [-0.4, -0.2) is 48.8 Å². The van der Waals surface area contributed by atoms with Gasteiger partial charge in [-0.25, -0.2) is 4.79 Å². The van der Waals surface area contributed by atoms with Crippen molar-refractivity contribution in [2.24, 2.45) is 0 Å². The summed E-state index contributed by atoms with van der Waals surface area (Å²) in [5.74, 6) is -1.01. The first-order valence-electron chi connectivity index (χ1n) is 6.51. The number of hydrogen-bond acceptors (Lipinski definition) is 5. The van der Waals surface area contributed by atoms with Crippen LogP contribution < -0.4 is 10.1 Å². The number of nitrogens with zero attached hydrogens (tertiary/aromatic N) is 1. The van der Waals surface area contributed by atoms with Gasteiger partial charge in [-0.1, -0.05) is 0 Å². The van der Waals surface area contributed by atoms with Crippen LogP contribution in [0.2, 0.25) is 0 Å². The lowest BCUT2D eigenvalue weighted by atomic mass is 10.1. The Labute approximate surface area is 126 Å². The maximum atomic E-state index is 12.1. The molecule has 1 amide bonds. The van der Waals surface area contributed by atoms with E-state index >= 15 is 0 Å². The number of carbonyl (C=O) groups excluding carboxylic acids is 1. The maximum Gasteiger partial charge on any atom is 0.328 e. The lowest BCUT2D eigenvalue weighted by molar-refractivity contribution is -0.140. The molecule has 7 nitrogen and oxygen atoms in total. The normalized spacial score (nSPS) is 11.9. The van der Waals surface area contributed by atoms with Gasteiger partial charge in [0.2, 0.25) is 0 Å². The second-order valence-corrected chi connectivity index (χ2v) is 4.60. The molecule has 0 saturated carbocycles. The summed E-state index contributed by atoms with van der Waals surface area (Å²) < 4.78 is 9.88. The lowest BCUT2D eigenvalue weighted by Gasteiger charge is -2.13. The van der Waals surface area contributed by atoms with Crippen molar-refractivity contribution in [2.45, 2.75) is 6.04 Å². The molecule has 116 valence electrons. The Kier molecular flexibility index (Phi) is 4.90. The molecule has 1 heterocycles. The van der Waals surface area contributed by atoms with Crippen LogP contribution in [0.4, 0.5) is 0 Å². The zero-order valence-corrected chi connectivity index (χ0v) is 12.2. The number of carboxylic acids is 1. The van der Waals surface area contributed by atoms with Crippen LogP contribution in [-0.2, 0) is 9.53 Å². The Morgan fingerprint density at radius 2 is 2.09 bits per heavy atom. The van der Waals surface area contributed by atoms with E-state index in [0.29, 0.717) is 11.3 Å². The van der Waals surface area contributed by atoms with Crippen LogP contribution >= 0.6 is 0 Å². The highest BCUT2D eigenvalue weighted by Crippen LogP contribution is 2.19. The highest BCUT2D eigenvalue weighted by Gasteiger charge is 2.20. The molecule has 7 heteroatoms. The minimum Gasteiger partial charge on any atom is -0.497 e. The van der Waals surface area contributed by atoms with Gasteiger partial charge in [0.05, 0.1) is 24.8 Å². The Hall–Kier alpha value is -2.67. The Morgan fingerprint density at radius 3 is 2.73 bits per heavy atom. The number of fused-ring (bicyclic) bond motifs is 1. The number of ether oxygens (including phenoxy) is 2. The second-order valence-electron chi connectivity index (χ2n) is 4.60. The number of carbonyl (C=O) groups is 2. The van der Waals surface area contributed by atoms with Gasteiger partial charge in [0.15, 0.2) is 6.04 Å². The van der Waals surface area contributed by atoms with Crippen molar-refractivity contribution in [2.75, 3.05) is 20.8 Å². The Balaban J connectivity index is 2.22. The first kappa shape index (κ1) is 15.7. The van der Waals surface area contributed by atoms with Gasteiger partial charge < -0.3 is 19.9 Å². The standard InChI is InChI=1S/C15H16N2O5/c1-21-8-13(15(19)20)17-14(18)10-5-9-3-4-11(22-2)6-12(9)16-7-10/h3-7,13H,8H2,1-2H3,(H,17,18)(H,19,20)/t13-/m0/s1. The summed E-state index contributed by atoms with van der Waals surface area (Å²) in [5.41, 5.74) is 0.961. The van der Waals surface area contributed by atoms with E-state index in [1.807, 2.05) is 0 Å². The number of nitrogens with one attached hydrogen (secondary N) is 1. The van der Waals surface area contributed by atoms with Gasteiger partial charge in [0, 0.05) is 24.8 Å². The molecule has 2 N–H and O–H groups in total. The van der Waals surface area contributed by atoms with Crippen molar-refractivity contribution in [3.05, 3.63) is 36.0 Å². The first-order valence-corrected chi connectivity index (χ1v) is 6.51. The molecule has 2 rings (SSSR count). The Morgan fingerprint density at radius 1 is 1.32 bits per heavy atom. The minimum absolute atomic E-state index is 0.112. The van der Waals surface area contributed by atoms with Crippen molar-refractivity contribution >= 4 is 22.8 Å². The van der Waals surface area contributed by atoms with Crippen molar-refractivity contribution in [3.63, 3.8) is 0 Å². The number of methoxy groups -OCH3 is 2. The highest BCUT2D eigenvalue weighted by atomic mass is 16.5. The number of rotatable bonds is 6. The second kappa shape index (κ2) is 6.86. The SMILES string of the molecule is COC[C@H](NC(=O)c1cnc2cc(OC)ccc2c1)C(=O)O. The summed E-state index contributed by atoms with van der Waals surface area (Å²) in [6.45, 7) is -0.112. The van der Waals surface area contributed by atoms with E-state index in [1.165, 1.54) is 13.3 Å². The van der Waals surface area contributed by atoms with Crippen molar-refractivity contribution in [3.8, 4) is 5.75 Å². The molecule has 0 aliphatic carbocycles. The molecule has 1 aromatic heterocycles. The zero-order chi connectivity index (χ0) is 16.1. The molecular formula is C15H16N2O5. The van der Waals surface area contributed by atoms with Gasteiger partial charge in [-0.05, 0) is 18.2 Å². The number of aliphatic carboxylic acids is 1. The molecule has 1 aromatic carbocycles. The van der Waals surface area contributed by atoms with Crippen LogP contribution in [0.15, 0.2) is 30.5 Å². The van der Waals surface area contributed by atoms with Crippen LogP contribution in [0.3, 0.4) is 0 Å². The monoisotopic (exact) mass is 304 g/mol. The maximum absolute atomic E-state index is 12.1. The molecule has 0 radical (unpaired) electrons. The predicted molar refractivity (Wildman–Crippen MR) is 79.1 cm³/mol. The molecule has 0 aliphatic heterocycles. The molecule has 2 aromatic rings. The predicted octanol–water partition coefficient (Wildman–Crippen LogP) is 1.07. The van der Waals surface area contributed by atoms with Crippen LogP contribution in [0.25, 0.3) is 10.9 Å². The number of aromatic nitrogens is 1. The van der Waals surface area contributed by atoms with Crippen LogP contribution in [0.1, 0.15) is 10.4 Å². The molecule has 0 aliphatic rings. The summed E-state index contributed by atoms with van der Waals surface area (Å²) in [5, 5.41) is 12.2. The average Bonchev–Trinajstić information content (AvgIpc) is 2.53. The van der Waals surface area contributed by atoms with Crippen molar-refractivity contribution in [1.82, 2.24) is 10.3 Å². The van der Waals surface area contributed by atoms with Crippen molar-refractivity contribution in [1.29, 1.82) is 0 Å². The molecule has 0 fully saturated rings. The van der Waals surface area contributed by atoms with Gasteiger partial charge in [-0.2, -0.15) is 0 Å². The fraction of sp³-hybridized carbons (Fsp3) is 0.267. The van der Waals surface area contributed by atoms with E-state index in [2.05, 4.69) is 10.3 Å². The first-order chi connectivity index (χ1) is 10.5. The fourth-order valence-electron chi connectivity index (χ4n) is 1.94. The highest BCUT2D eigenvalue weighted by molar-refractivity contribution is 5.99. The quantitative estimate of drug-likeness (QED) is 0.828. The number of pyridine rings is 1. The van der Waals surface area contributed by atoms with E-state index in [4.69, 9.17) is 14.6 Å². The molecule has 0 bridgehead atoms. The van der Waals surface area contributed by atoms with Crippen molar-refractivity contribution < 1.29 is 24.2 Å². The third-order valence-electron chi connectivity index (χ3n) is 3.09. The molecule has 0 saturated heterocycles. The minimum atomic E-state index is -1.16. The van der Waals surface area contributed by atoms with Gasteiger partial charge in [0.1, 0.15) is 5.75 Å². The Bertz CT molecular complexity index is 701. The summed E-state index contributed by atoms with van der Waals surface area (Å²) in [4.78, 5) is 27.3. The van der Waals surface area contributed by atoms with Gasteiger partial charge in [-0.3, -0.25) is 9.78 Å². The summed E-state index contributed by atoms with van der Waals surface area (Å²) in [6, 6.07) is 5.83. The van der Waals surface area contributed by atoms with Gasteiger partial charge in [-0.15, -0.1) is 0 Å². The number of amides is 1. The number of benzene rings is 1. The van der Waals surface area contributed by atoms with E-state index in [0.717, 1.165) is 5.39 Å². The van der Waals surface area contributed by atoms with Gasteiger partial charge >= 0.3 is 5.97 Å². The smallest absolute Gasteiger partial charge is 0.328 e. The average molecular weight is 304 g/mol.